The van der Waals surface area contributed by atoms with Crippen LogP contribution in [0.25, 0.3) is 32.2 Å². The zero-order valence-corrected chi connectivity index (χ0v) is 26.8. The van der Waals surface area contributed by atoms with E-state index < -0.39 is 44.6 Å². The van der Waals surface area contributed by atoms with Crippen molar-refractivity contribution < 1.29 is 48.5 Å². The van der Waals surface area contributed by atoms with Gasteiger partial charge in [-0.3, -0.25) is 0 Å². The summed E-state index contributed by atoms with van der Waals surface area (Å²) in [6.07, 6.45) is 1.05. The molecule has 4 fully saturated rings. The van der Waals surface area contributed by atoms with Gasteiger partial charge in [-0.1, -0.05) is 0 Å². The molecule has 4 aliphatic rings. The second-order valence-electron chi connectivity index (χ2n) is 11.6. The van der Waals surface area contributed by atoms with Gasteiger partial charge in [0.05, 0.1) is 0 Å². The van der Waals surface area contributed by atoms with Gasteiger partial charge in [0.1, 0.15) is 0 Å². The van der Waals surface area contributed by atoms with Crippen LogP contribution in [0.3, 0.4) is 0 Å². The molecule has 4 aromatic rings. The van der Waals surface area contributed by atoms with E-state index in [0.29, 0.717) is 43.9 Å². The number of nitrogens with two attached hydrogens (primary N) is 1. The molecule has 0 saturated carbocycles. The molecule has 3 unspecified atom stereocenters. The summed E-state index contributed by atoms with van der Waals surface area (Å²) >= 11 is 7.26. The number of fused-ring (bicyclic) bond motifs is 5. The Kier molecular flexibility index (Phi) is 7.03. The van der Waals surface area contributed by atoms with Crippen molar-refractivity contribution in [3.05, 3.63) is 34.9 Å². The SMILES string of the molecule is Nc1nc2c(-c3c(Cl)cc4c(N5C6CN[I-]C5COC6)nc(OCC56CCCN5CC(F)(F)C6)nc4c3F)ccc(F)c2s1. The van der Waals surface area contributed by atoms with E-state index in [1.165, 1.54) is 12.1 Å². The molecule has 9 nitrogen and oxygen atoms in total. The van der Waals surface area contributed by atoms with Crippen LogP contribution in [0.15, 0.2) is 18.2 Å². The fourth-order valence-electron chi connectivity index (χ4n) is 6.99. The van der Waals surface area contributed by atoms with Crippen LogP contribution in [-0.2, 0) is 4.74 Å². The zero-order valence-electron chi connectivity index (χ0n) is 23.1. The first kappa shape index (κ1) is 29.1. The number of benzene rings is 2. The maximum atomic E-state index is 16.8. The summed E-state index contributed by atoms with van der Waals surface area (Å²) in [5.41, 5.74) is 5.47. The van der Waals surface area contributed by atoms with Crippen LogP contribution < -0.4 is 40.4 Å². The fourth-order valence-corrected chi connectivity index (χ4v) is 10.8. The van der Waals surface area contributed by atoms with Gasteiger partial charge in [0, 0.05) is 0 Å². The fraction of sp³-hybridized carbons (Fsp3) is 0.464. The van der Waals surface area contributed by atoms with Crippen molar-refractivity contribution in [1.82, 2.24) is 23.4 Å². The summed E-state index contributed by atoms with van der Waals surface area (Å²) in [4.78, 5) is 17.5. The maximum absolute atomic E-state index is 16.8. The number of anilines is 2. The van der Waals surface area contributed by atoms with E-state index in [0.717, 1.165) is 17.8 Å². The van der Waals surface area contributed by atoms with Gasteiger partial charge in [0.2, 0.25) is 0 Å². The Morgan fingerprint density at radius 3 is 2.91 bits per heavy atom. The van der Waals surface area contributed by atoms with Gasteiger partial charge in [-0.05, 0) is 0 Å². The molecule has 44 heavy (non-hydrogen) atoms. The van der Waals surface area contributed by atoms with Crippen molar-refractivity contribution in [2.24, 2.45) is 0 Å². The van der Waals surface area contributed by atoms with E-state index in [2.05, 4.69) is 18.4 Å². The molecule has 0 spiro atoms. The molecule has 0 aliphatic carbocycles. The number of hydrogen-bond acceptors (Lipinski definition) is 10. The molecule has 234 valence electrons. The molecule has 2 bridgehead atoms. The average Bonchev–Trinajstić information content (AvgIpc) is 3.62. The molecule has 0 radical (unpaired) electrons. The number of thiazole rings is 1. The van der Waals surface area contributed by atoms with E-state index in [-0.39, 0.29) is 72.7 Å². The molecule has 3 atom stereocenters. The molecule has 8 rings (SSSR count). The van der Waals surface area contributed by atoms with Gasteiger partial charge in [-0.25, -0.2) is 0 Å². The molecule has 4 aliphatic heterocycles. The van der Waals surface area contributed by atoms with Crippen molar-refractivity contribution in [3.63, 3.8) is 0 Å². The molecule has 3 N–H and O–H groups in total. The van der Waals surface area contributed by atoms with Crippen LogP contribution in [0.2, 0.25) is 5.02 Å². The third-order valence-electron chi connectivity index (χ3n) is 8.87. The molecular formula is C28H26ClF4IN7O2S-. The number of morpholine rings is 1. The molecule has 4 saturated heterocycles. The number of nitrogens with one attached hydrogen (secondary N) is 1. The van der Waals surface area contributed by atoms with E-state index in [1.54, 1.807) is 11.0 Å². The van der Waals surface area contributed by atoms with Crippen molar-refractivity contribution in [3.8, 4) is 17.1 Å². The number of halogens is 6. The monoisotopic (exact) mass is 762 g/mol. The Labute approximate surface area is 268 Å². The Morgan fingerprint density at radius 1 is 1.20 bits per heavy atom. The predicted molar refractivity (Wildman–Crippen MR) is 155 cm³/mol. The van der Waals surface area contributed by atoms with Gasteiger partial charge < -0.3 is 0 Å². The summed E-state index contributed by atoms with van der Waals surface area (Å²) in [5.74, 6) is -3.63. The minimum atomic E-state index is -2.81. The molecule has 2 aromatic heterocycles. The van der Waals surface area contributed by atoms with E-state index in [9.17, 15) is 13.2 Å². The molecular weight excluding hydrogens is 737 g/mol. The van der Waals surface area contributed by atoms with E-state index in [1.807, 2.05) is 0 Å². The van der Waals surface area contributed by atoms with Gasteiger partial charge in [0.15, 0.2) is 0 Å². The Bertz CT molecular complexity index is 1800. The first-order valence-electron chi connectivity index (χ1n) is 14.1. The minimum absolute atomic E-state index is 0.00248. The first-order chi connectivity index (χ1) is 21.1. The van der Waals surface area contributed by atoms with E-state index >= 15 is 4.39 Å². The summed E-state index contributed by atoms with van der Waals surface area (Å²) < 4.78 is 76.0. The Balaban J connectivity index is 1.28. The van der Waals surface area contributed by atoms with Gasteiger partial charge in [0.25, 0.3) is 0 Å². The van der Waals surface area contributed by atoms with Crippen molar-refractivity contribution in [1.29, 1.82) is 0 Å². The summed E-state index contributed by atoms with van der Waals surface area (Å²) in [7, 11) is 0. The number of aromatic nitrogens is 3. The third kappa shape index (κ3) is 4.68. The standard InChI is InChI=1S/C28H26ClF4IN7O2S/c29-16-6-15-21(20(31)19(16)14-2-3-17(30)23-22(14)37-25(35)44-23)38-26(39-24(15)41-13-7-36-34-18(41)9-42-8-13)43-12-27-4-1-5-40(27)11-28(32,33)10-27/h2-3,6,13,18,36H,1,4-5,7-12H2,(H2,35,37)/q-1. The van der Waals surface area contributed by atoms with Gasteiger partial charge in [-0.2, -0.15) is 0 Å². The van der Waals surface area contributed by atoms with Gasteiger partial charge in [-0.15, -0.1) is 0 Å². The number of nitrogens with zero attached hydrogens (tertiary/aromatic N) is 5. The second kappa shape index (κ2) is 10.6. The topological polar surface area (TPSA) is 102 Å². The number of ether oxygens (including phenoxy) is 2. The normalized spacial score (nSPS) is 26.7. The van der Waals surface area contributed by atoms with Crippen LogP contribution in [-0.4, -0.2) is 80.9 Å². The van der Waals surface area contributed by atoms with Crippen LogP contribution in [0.5, 0.6) is 6.01 Å². The number of hydrogen-bond donors (Lipinski definition) is 2. The van der Waals surface area contributed by atoms with E-state index in [4.69, 9.17) is 31.8 Å². The van der Waals surface area contributed by atoms with Crippen LogP contribution >= 0.6 is 22.9 Å². The number of alkyl halides is 3. The Morgan fingerprint density at radius 2 is 2.07 bits per heavy atom. The number of nitrogen functional groups attached to an aromatic ring is 1. The average molecular weight is 763 g/mol. The van der Waals surface area contributed by atoms with Crippen LogP contribution in [0, 0.1) is 11.6 Å². The number of rotatable bonds is 5. The summed E-state index contributed by atoms with van der Waals surface area (Å²) in [5, 5.41) is 0.598. The van der Waals surface area contributed by atoms with Crippen molar-refractivity contribution in [2.45, 2.75) is 40.8 Å². The van der Waals surface area contributed by atoms with Crippen molar-refractivity contribution >= 4 is 55.0 Å². The van der Waals surface area contributed by atoms with Crippen molar-refractivity contribution in [2.75, 3.05) is 50.1 Å². The Hall–Kier alpha value is -2.31. The summed E-state index contributed by atoms with van der Waals surface area (Å²) in [6.45, 7) is 1.83. The van der Waals surface area contributed by atoms with Crippen LogP contribution in [0.4, 0.5) is 28.5 Å². The molecule has 0 amide bonds. The quantitative estimate of drug-likeness (QED) is 0.104. The molecule has 6 heterocycles. The first-order valence-corrected chi connectivity index (χ1v) is 17.7. The second-order valence-corrected chi connectivity index (χ2v) is 15.9. The van der Waals surface area contributed by atoms with Gasteiger partial charge >= 0.3 is 270 Å². The van der Waals surface area contributed by atoms with Crippen LogP contribution in [0.1, 0.15) is 19.3 Å². The molecule has 2 aromatic carbocycles. The molecule has 16 heteroatoms. The summed E-state index contributed by atoms with van der Waals surface area (Å²) in [6, 6.07) is 4.09. The third-order valence-corrected chi connectivity index (χ3v) is 12.6. The zero-order chi connectivity index (χ0) is 30.4. The predicted octanol–water partition coefficient (Wildman–Crippen LogP) is 1.81.